The van der Waals surface area contributed by atoms with Crippen LogP contribution in [0, 0.1) is 5.92 Å². The maximum atomic E-state index is 11.9. The first-order valence-electron chi connectivity index (χ1n) is 6.61. The predicted octanol–water partition coefficient (Wildman–Crippen LogP) is 2.71. The summed E-state index contributed by atoms with van der Waals surface area (Å²) in [5.41, 5.74) is 2.10. The Morgan fingerprint density at radius 3 is 2.63 bits per heavy atom. The highest BCUT2D eigenvalue weighted by Crippen LogP contribution is 2.35. The van der Waals surface area contributed by atoms with Crippen LogP contribution in [0.25, 0.3) is 0 Å². The highest BCUT2D eigenvalue weighted by molar-refractivity contribution is 5.95. The number of aromatic carboxylic acids is 1. The minimum atomic E-state index is -0.928. The van der Waals surface area contributed by atoms with Crippen LogP contribution in [0.4, 0.5) is 5.69 Å². The zero-order valence-electron chi connectivity index (χ0n) is 11.5. The lowest BCUT2D eigenvalue weighted by atomic mass is 9.85. The molecule has 0 bridgehead atoms. The van der Waals surface area contributed by atoms with E-state index >= 15 is 0 Å². The van der Waals surface area contributed by atoms with E-state index in [1.165, 1.54) is 0 Å². The monoisotopic (exact) mass is 261 g/mol. The highest BCUT2D eigenvalue weighted by atomic mass is 16.4. The van der Waals surface area contributed by atoms with Crippen LogP contribution < -0.4 is 4.90 Å². The van der Waals surface area contributed by atoms with E-state index in [0.717, 1.165) is 24.1 Å². The lowest BCUT2D eigenvalue weighted by Gasteiger charge is -2.40. The van der Waals surface area contributed by atoms with Crippen LogP contribution in [0.15, 0.2) is 18.2 Å². The number of rotatable bonds is 2. The van der Waals surface area contributed by atoms with E-state index in [1.54, 1.807) is 25.1 Å². The number of carboxylic acids is 1. The molecule has 0 saturated carbocycles. The third-order valence-corrected chi connectivity index (χ3v) is 3.87. The van der Waals surface area contributed by atoms with Crippen molar-refractivity contribution >= 4 is 17.6 Å². The molecule has 1 amide bonds. The Bertz CT molecular complexity index is 524. The molecule has 2 atom stereocenters. The summed E-state index contributed by atoms with van der Waals surface area (Å²) in [7, 11) is 0. The molecule has 1 aromatic carbocycles. The number of fused-ring (bicyclic) bond motifs is 1. The van der Waals surface area contributed by atoms with Crippen molar-refractivity contribution in [3.8, 4) is 0 Å². The van der Waals surface area contributed by atoms with E-state index in [2.05, 4.69) is 13.8 Å². The van der Waals surface area contributed by atoms with Gasteiger partial charge in [0.2, 0.25) is 5.91 Å². The number of carbonyl (C=O) groups excluding carboxylic acids is 1. The van der Waals surface area contributed by atoms with Gasteiger partial charge < -0.3 is 10.0 Å². The zero-order valence-corrected chi connectivity index (χ0v) is 11.5. The average Bonchev–Trinajstić information content (AvgIpc) is 2.35. The van der Waals surface area contributed by atoms with Gasteiger partial charge in [0, 0.05) is 18.7 Å². The molecule has 0 aromatic heterocycles. The van der Waals surface area contributed by atoms with Gasteiger partial charge in [-0.25, -0.2) is 4.79 Å². The second-order valence-corrected chi connectivity index (χ2v) is 5.19. The standard InChI is InChI=1S/C15H19NO3/c1-4-13-9(2)7-12-8-11(15(18)19)5-6-14(12)16(13)10(3)17/h5-6,8-9,13H,4,7H2,1-3H3,(H,18,19). The first-order valence-corrected chi connectivity index (χ1v) is 6.61. The second kappa shape index (κ2) is 5.03. The molecule has 0 aliphatic carbocycles. The van der Waals surface area contributed by atoms with Gasteiger partial charge in [-0.15, -0.1) is 0 Å². The van der Waals surface area contributed by atoms with Crippen LogP contribution in [-0.4, -0.2) is 23.0 Å². The van der Waals surface area contributed by atoms with Crippen molar-refractivity contribution in [3.05, 3.63) is 29.3 Å². The van der Waals surface area contributed by atoms with Gasteiger partial charge in [-0.3, -0.25) is 4.79 Å². The number of nitrogens with zero attached hydrogens (tertiary/aromatic N) is 1. The Labute approximate surface area is 113 Å². The number of amides is 1. The van der Waals surface area contributed by atoms with Crippen molar-refractivity contribution in [3.63, 3.8) is 0 Å². The van der Waals surface area contributed by atoms with E-state index in [-0.39, 0.29) is 17.5 Å². The summed E-state index contributed by atoms with van der Waals surface area (Å²) in [5.74, 6) is -0.574. The maximum Gasteiger partial charge on any atom is 0.335 e. The van der Waals surface area contributed by atoms with Crippen LogP contribution in [0.2, 0.25) is 0 Å². The maximum absolute atomic E-state index is 11.9. The van der Waals surface area contributed by atoms with Crippen molar-refractivity contribution in [1.82, 2.24) is 0 Å². The summed E-state index contributed by atoms with van der Waals surface area (Å²) in [5, 5.41) is 9.04. The van der Waals surface area contributed by atoms with Crippen LogP contribution in [-0.2, 0) is 11.2 Å². The van der Waals surface area contributed by atoms with Crippen molar-refractivity contribution in [2.24, 2.45) is 5.92 Å². The number of carboxylic acid groups (broad SMARTS) is 1. The topological polar surface area (TPSA) is 57.6 Å². The van der Waals surface area contributed by atoms with Gasteiger partial charge in [-0.2, -0.15) is 0 Å². The molecule has 1 heterocycles. The fourth-order valence-corrected chi connectivity index (χ4v) is 3.02. The molecule has 102 valence electrons. The molecule has 4 nitrogen and oxygen atoms in total. The van der Waals surface area contributed by atoms with E-state index < -0.39 is 5.97 Å². The number of anilines is 1. The number of hydrogen-bond donors (Lipinski definition) is 1. The van der Waals surface area contributed by atoms with E-state index in [1.807, 2.05) is 4.90 Å². The number of carbonyl (C=O) groups is 2. The summed E-state index contributed by atoms with van der Waals surface area (Å²) in [4.78, 5) is 24.7. The fraction of sp³-hybridized carbons (Fsp3) is 0.467. The van der Waals surface area contributed by atoms with Gasteiger partial charge in [0.25, 0.3) is 0 Å². The molecule has 0 fully saturated rings. The van der Waals surface area contributed by atoms with Crippen molar-refractivity contribution < 1.29 is 14.7 Å². The van der Waals surface area contributed by atoms with E-state index in [4.69, 9.17) is 5.11 Å². The van der Waals surface area contributed by atoms with Crippen molar-refractivity contribution in [2.75, 3.05) is 4.90 Å². The molecule has 1 N–H and O–H groups in total. The first-order chi connectivity index (χ1) is 8.95. The van der Waals surface area contributed by atoms with E-state index in [9.17, 15) is 9.59 Å². The lowest BCUT2D eigenvalue weighted by Crippen LogP contribution is -2.46. The normalized spacial score (nSPS) is 21.9. The minimum Gasteiger partial charge on any atom is -0.478 e. The minimum absolute atomic E-state index is 0.0164. The summed E-state index contributed by atoms with van der Waals surface area (Å²) in [6.45, 7) is 5.75. The number of benzene rings is 1. The largest absolute Gasteiger partial charge is 0.478 e. The molecule has 2 rings (SSSR count). The van der Waals surface area contributed by atoms with Crippen molar-refractivity contribution in [2.45, 2.75) is 39.7 Å². The molecule has 2 unspecified atom stereocenters. The first kappa shape index (κ1) is 13.6. The number of hydrogen-bond acceptors (Lipinski definition) is 2. The second-order valence-electron chi connectivity index (χ2n) is 5.19. The highest BCUT2D eigenvalue weighted by Gasteiger charge is 2.33. The third-order valence-electron chi connectivity index (χ3n) is 3.87. The quantitative estimate of drug-likeness (QED) is 0.890. The smallest absolute Gasteiger partial charge is 0.335 e. The molecule has 4 heteroatoms. The molecule has 0 spiro atoms. The predicted molar refractivity (Wildman–Crippen MR) is 73.5 cm³/mol. The average molecular weight is 261 g/mol. The summed E-state index contributed by atoms with van der Waals surface area (Å²) < 4.78 is 0. The zero-order chi connectivity index (χ0) is 14.2. The van der Waals surface area contributed by atoms with Gasteiger partial charge in [-0.05, 0) is 42.5 Å². The molecule has 1 aromatic rings. The molecular weight excluding hydrogens is 242 g/mol. The molecule has 19 heavy (non-hydrogen) atoms. The van der Waals surface area contributed by atoms with Gasteiger partial charge >= 0.3 is 5.97 Å². The Morgan fingerprint density at radius 1 is 1.42 bits per heavy atom. The fourth-order valence-electron chi connectivity index (χ4n) is 3.02. The summed E-state index contributed by atoms with van der Waals surface area (Å²) in [6.07, 6.45) is 1.72. The summed E-state index contributed by atoms with van der Waals surface area (Å²) in [6, 6.07) is 5.21. The summed E-state index contributed by atoms with van der Waals surface area (Å²) >= 11 is 0. The molecular formula is C15H19NO3. The molecule has 1 aliphatic heterocycles. The Balaban J connectivity index is 2.52. The van der Waals surface area contributed by atoms with Crippen LogP contribution in [0.5, 0.6) is 0 Å². The molecule has 0 saturated heterocycles. The van der Waals surface area contributed by atoms with Gasteiger partial charge in [0.05, 0.1) is 5.56 Å². The van der Waals surface area contributed by atoms with E-state index in [0.29, 0.717) is 5.92 Å². The molecule has 0 radical (unpaired) electrons. The van der Waals surface area contributed by atoms with Crippen LogP contribution in [0.1, 0.15) is 43.1 Å². The Kier molecular flexibility index (Phi) is 3.60. The third kappa shape index (κ3) is 2.35. The van der Waals surface area contributed by atoms with Crippen LogP contribution in [0.3, 0.4) is 0 Å². The molecule has 1 aliphatic rings. The Hall–Kier alpha value is -1.84. The lowest BCUT2D eigenvalue weighted by molar-refractivity contribution is -0.117. The van der Waals surface area contributed by atoms with Gasteiger partial charge in [0.15, 0.2) is 0 Å². The van der Waals surface area contributed by atoms with Gasteiger partial charge in [-0.1, -0.05) is 13.8 Å². The van der Waals surface area contributed by atoms with Crippen LogP contribution >= 0.6 is 0 Å². The van der Waals surface area contributed by atoms with Gasteiger partial charge in [0.1, 0.15) is 0 Å². The Morgan fingerprint density at radius 2 is 2.11 bits per heavy atom. The SMILES string of the molecule is CCC1C(C)Cc2cc(C(=O)O)ccc2N1C(C)=O. The van der Waals surface area contributed by atoms with Crippen molar-refractivity contribution in [1.29, 1.82) is 0 Å².